The standard InChI is InChI=1S/C16H20N4O/c1-11-3-5-13(6-4-11)14-7-12(2)20(9-14)16(21)8-15-17-10-18-19-15/h3-6,10,12,14H,7-9H2,1-2H3,(H,17,18,19). The number of aromatic amines is 1. The van der Waals surface area contributed by atoms with Gasteiger partial charge in [-0.15, -0.1) is 0 Å². The predicted octanol–water partition coefficient (Wildman–Crippen LogP) is 2.06. The number of nitrogens with one attached hydrogen (secondary N) is 1. The summed E-state index contributed by atoms with van der Waals surface area (Å²) in [7, 11) is 0. The van der Waals surface area contributed by atoms with E-state index in [0.717, 1.165) is 13.0 Å². The molecule has 2 heterocycles. The molecular formula is C16H20N4O. The van der Waals surface area contributed by atoms with Gasteiger partial charge in [0.2, 0.25) is 5.91 Å². The number of amides is 1. The normalized spacial score (nSPS) is 21.7. The van der Waals surface area contributed by atoms with Crippen molar-refractivity contribution in [1.82, 2.24) is 20.1 Å². The third-order valence-corrected chi connectivity index (χ3v) is 4.23. The molecule has 2 aromatic rings. The Morgan fingerprint density at radius 1 is 1.38 bits per heavy atom. The van der Waals surface area contributed by atoms with Crippen LogP contribution in [0.5, 0.6) is 0 Å². The fraction of sp³-hybridized carbons (Fsp3) is 0.438. The topological polar surface area (TPSA) is 61.9 Å². The summed E-state index contributed by atoms with van der Waals surface area (Å²) in [6.45, 7) is 5.00. The van der Waals surface area contributed by atoms with Gasteiger partial charge in [-0.2, -0.15) is 5.10 Å². The van der Waals surface area contributed by atoms with E-state index in [0.29, 0.717) is 18.2 Å². The second-order valence-electron chi connectivity index (χ2n) is 5.85. The number of benzene rings is 1. The largest absolute Gasteiger partial charge is 0.339 e. The second-order valence-corrected chi connectivity index (χ2v) is 5.85. The molecule has 1 aromatic heterocycles. The third-order valence-electron chi connectivity index (χ3n) is 4.23. The summed E-state index contributed by atoms with van der Waals surface area (Å²) in [5.41, 5.74) is 2.59. The molecule has 3 rings (SSSR count). The van der Waals surface area contributed by atoms with Gasteiger partial charge in [0, 0.05) is 18.5 Å². The van der Waals surface area contributed by atoms with Gasteiger partial charge in [-0.25, -0.2) is 4.98 Å². The molecule has 2 unspecified atom stereocenters. The molecule has 21 heavy (non-hydrogen) atoms. The van der Waals surface area contributed by atoms with E-state index >= 15 is 0 Å². The van der Waals surface area contributed by atoms with E-state index in [1.807, 2.05) is 4.90 Å². The fourth-order valence-electron chi connectivity index (χ4n) is 3.02. The summed E-state index contributed by atoms with van der Waals surface area (Å²) in [5.74, 6) is 1.18. The lowest BCUT2D eigenvalue weighted by molar-refractivity contribution is -0.131. The Balaban J connectivity index is 1.68. The molecule has 1 saturated heterocycles. The SMILES string of the molecule is Cc1ccc(C2CC(C)N(C(=O)Cc3ncn[nH]3)C2)cc1. The summed E-state index contributed by atoms with van der Waals surface area (Å²) in [4.78, 5) is 18.4. The molecule has 110 valence electrons. The van der Waals surface area contributed by atoms with Crippen LogP contribution in [-0.2, 0) is 11.2 Å². The summed E-state index contributed by atoms with van der Waals surface area (Å²) >= 11 is 0. The van der Waals surface area contributed by atoms with E-state index in [-0.39, 0.29) is 11.9 Å². The van der Waals surface area contributed by atoms with Gasteiger partial charge in [-0.05, 0) is 25.8 Å². The van der Waals surface area contributed by atoms with Crippen LogP contribution in [0.15, 0.2) is 30.6 Å². The van der Waals surface area contributed by atoms with E-state index in [2.05, 4.69) is 53.3 Å². The summed E-state index contributed by atoms with van der Waals surface area (Å²) < 4.78 is 0. The minimum Gasteiger partial charge on any atom is -0.339 e. The molecule has 1 aromatic carbocycles. The Morgan fingerprint density at radius 3 is 2.81 bits per heavy atom. The highest BCUT2D eigenvalue weighted by atomic mass is 16.2. The zero-order valence-electron chi connectivity index (χ0n) is 12.4. The van der Waals surface area contributed by atoms with Crippen molar-refractivity contribution in [3.05, 3.63) is 47.5 Å². The van der Waals surface area contributed by atoms with E-state index in [9.17, 15) is 4.79 Å². The molecule has 1 aliphatic rings. The Bertz CT molecular complexity index is 606. The van der Waals surface area contributed by atoms with E-state index in [4.69, 9.17) is 0 Å². The zero-order chi connectivity index (χ0) is 14.8. The number of nitrogens with zero attached hydrogens (tertiary/aromatic N) is 3. The second kappa shape index (κ2) is 5.68. The Labute approximate surface area is 124 Å². The van der Waals surface area contributed by atoms with Crippen LogP contribution in [0, 0.1) is 6.92 Å². The van der Waals surface area contributed by atoms with Gasteiger partial charge >= 0.3 is 0 Å². The van der Waals surface area contributed by atoms with Crippen molar-refractivity contribution in [3.63, 3.8) is 0 Å². The number of likely N-dealkylation sites (tertiary alicyclic amines) is 1. The number of hydrogen-bond donors (Lipinski definition) is 1. The van der Waals surface area contributed by atoms with Crippen LogP contribution < -0.4 is 0 Å². The number of hydrogen-bond acceptors (Lipinski definition) is 3. The summed E-state index contributed by atoms with van der Waals surface area (Å²) in [5, 5.41) is 6.53. The monoisotopic (exact) mass is 284 g/mol. The fourth-order valence-corrected chi connectivity index (χ4v) is 3.02. The van der Waals surface area contributed by atoms with Crippen molar-refractivity contribution < 1.29 is 4.79 Å². The molecule has 1 amide bonds. The molecule has 1 aliphatic heterocycles. The average molecular weight is 284 g/mol. The molecule has 0 spiro atoms. The first-order valence-corrected chi connectivity index (χ1v) is 7.34. The van der Waals surface area contributed by atoms with Crippen molar-refractivity contribution in [2.75, 3.05) is 6.54 Å². The van der Waals surface area contributed by atoms with Crippen molar-refractivity contribution in [1.29, 1.82) is 0 Å². The number of carbonyl (C=O) groups is 1. The van der Waals surface area contributed by atoms with Crippen molar-refractivity contribution in [3.8, 4) is 0 Å². The molecule has 0 radical (unpaired) electrons. The van der Waals surface area contributed by atoms with E-state index in [1.165, 1.54) is 17.5 Å². The van der Waals surface area contributed by atoms with Crippen LogP contribution in [-0.4, -0.2) is 38.6 Å². The Morgan fingerprint density at radius 2 is 2.14 bits per heavy atom. The van der Waals surface area contributed by atoms with Gasteiger partial charge in [0.25, 0.3) is 0 Å². The lowest BCUT2D eigenvalue weighted by Crippen LogP contribution is -2.35. The van der Waals surface area contributed by atoms with Crippen LogP contribution in [0.2, 0.25) is 0 Å². The Kier molecular flexibility index (Phi) is 3.73. The molecule has 5 nitrogen and oxygen atoms in total. The third kappa shape index (κ3) is 2.96. The van der Waals surface area contributed by atoms with Crippen molar-refractivity contribution in [2.45, 2.75) is 38.6 Å². The van der Waals surface area contributed by atoms with Gasteiger partial charge in [0.15, 0.2) is 0 Å². The number of aromatic nitrogens is 3. The van der Waals surface area contributed by atoms with Crippen molar-refractivity contribution >= 4 is 5.91 Å². The number of aryl methyl sites for hydroxylation is 1. The number of H-pyrrole nitrogens is 1. The quantitative estimate of drug-likeness (QED) is 0.938. The average Bonchev–Trinajstić information content (AvgIpc) is 3.09. The van der Waals surface area contributed by atoms with Crippen LogP contribution >= 0.6 is 0 Å². The minimum absolute atomic E-state index is 0.119. The first-order chi connectivity index (χ1) is 10.1. The van der Waals surface area contributed by atoms with Gasteiger partial charge in [0.05, 0.1) is 6.42 Å². The van der Waals surface area contributed by atoms with Gasteiger partial charge < -0.3 is 4.90 Å². The van der Waals surface area contributed by atoms with Crippen molar-refractivity contribution in [2.24, 2.45) is 0 Å². The highest BCUT2D eigenvalue weighted by Crippen LogP contribution is 2.31. The van der Waals surface area contributed by atoms with Crippen LogP contribution in [0.25, 0.3) is 0 Å². The smallest absolute Gasteiger partial charge is 0.230 e. The van der Waals surface area contributed by atoms with Crippen LogP contribution in [0.4, 0.5) is 0 Å². The molecule has 2 atom stereocenters. The molecule has 5 heteroatoms. The molecule has 0 saturated carbocycles. The Hall–Kier alpha value is -2.17. The van der Waals surface area contributed by atoms with E-state index in [1.54, 1.807) is 0 Å². The number of rotatable bonds is 3. The maximum absolute atomic E-state index is 12.4. The first kappa shape index (κ1) is 13.8. The van der Waals surface area contributed by atoms with Crippen LogP contribution in [0.1, 0.15) is 36.2 Å². The molecule has 1 N–H and O–H groups in total. The predicted molar refractivity (Wildman–Crippen MR) is 79.8 cm³/mol. The highest BCUT2D eigenvalue weighted by molar-refractivity contribution is 5.78. The molecule has 0 aliphatic carbocycles. The lowest BCUT2D eigenvalue weighted by Gasteiger charge is -2.21. The summed E-state index contributed by atoms with van der Waals surface area (Å²) in [6, 6.07) is 8.90. The summed E-state index contributed by atoms with van der Waals surface area (Å²) in [6.07, 6.45) is 2.75. The lowest BCUT2D eigenvalue weighted by atomic mass is 9.96. The molecular weight excluding hydrogens is 264 g/mol. The zero-order valence-corrected chi connectivity index (χ0v) is 12.4. The molecule has 0 bridgehead atoms. The van der Waals surface area contributed by atoms with Crippen LogP contribution in [0.3, 0.4) is 0 Å². The first-order valence-electron chi connectivity index (χ1n) is 7.34. The van der Waals surface area contributed by atoms with Gasteiger partial charge in [-0.1, -0.05) is 29.8 Å². The maximum atomic E-state index is 12.4. The highest BCUT2D eigenvalue weighted by Gasteiger charge is 2.33. The van der Waals surface area contributed by atoms with Gasteiger partial charge in [-0.3, -0.25) is 9.89 Å². The number of carbonyl (C=O) groups excluding carboxylic acids is 1. The van der Waals surface area contributed by atoms with E-state index < -0.39 is 0 Å². The minimum atomic E-state index is 0.119. The maximum Gasteiger partial charge on any atom is 0.230 e. The molecule has 1 fully saturated rings. The van der Waals surface area contributed by atoms with Gasteiger partial charge in [0.1, 0.15) is 12.2 Å².